The quantitative estimate of drug-likeness (QED) is 0.163. The van der Waals surface area contributed by atoms with Crippen LogP contribution in [-0.4, -0.2) is 130 Å². The molecule has 7 aliphatic rings. The first-order chi connectivity index (χ1) is 23.3. The Hall–Kier alpha value is -1.49. The summed E-state index contributed by atoms with van der Waals surface area (Å²) in [5.41, 5.74) is 0.749. The van der Waals surface area contributed by atoms with Gasteiger partial charge in [-0.25, -0.2) is 4.79 Å². The van der Waals surface area contributed by atoms with E-state index in [-0.39, 0.29) is 30.0 Å². The van der Waals surface area contributed by atoms with E-state index in [0.29, 0.717) is 18.3 Å². The van der Waals surface area contributed by atoms with Crippen molar-refractivity contribution in [3.63, 3.8) is 0 Å². The molecule has 4 aliphatic carbocycles. The predicted molar refractivity (Wildman–Crippen MR) is 170 cm³/mol. The molecule has 0 unspecified atom stereocenters. The summed E-state index contributed by atoms with van der Waals surface area (Å²) >= 11 is 0. The van der Waals surface area contributed by atoms with Crippen molar-refractivity contribution in [3.8, 4) is 0 Å². The maximum atomic E-state index is 12.5. The number of aliphatic hydroxyl groups excluding tert-OH is 5. The van der Waals surface area contributed by atoms with Crippen LogP contribution in [0.15, 0.2) is 23.3 Å². The molecule has 0 aromatic carbocycles. The van der Waals surface area contributed by atoms with Crippen LogP contribution in [0, 0.1) is 28.6 Å². The molecular formula is C36H54O13. The van der Waals surface area contributed by atoms with E-state index in [1.807, 2.05) is 0 Å². The molecule has 2 saturated heterocycles. The average Bonchev–Trinajstić information content (AvgIpc) is 3.62. The molecule has 5 fully saturated rings. The minimum Gasteiger partial charge on any atom is -0.458 e. The lowest BCUT2D eigenvalue weighted by atomic mass is 9.43. The largest absolute Gasteiger partial charge is 0.458 e. The third-order valence-electron chi connectivity index (χ3n) is 13.9. The highest BCUT2D eigenvalue weighted by Crippen LogP contribution is 2.68. The minimum absolute atomic E-state index is 0.0347. The van der Waals surface area contributed by atoms with Crippen LogP contribution in [-0.2, 0) is 33.2 Å². The Morgan fingerprint density at radius 1 is 0.898 bits per heavy atom. The second kappa shape index (κ2) is 13.2. The van der Waals surface area contributed by atoms with Crippen molar-refractivity contribution in [2.45, 2.75) is 145 Å². The van der Waals surface area contributed by atoms with Crippen molar-refractivity contribution in [1.29, 1.82) is 0 Å². The highest BCUT2D eigenvalue weighted by molar-refractivity contribution is 5.86. The smallest absolute Gasteiger partial charge is 0.331 e. The molecule has 0 amide bonds. The van der Waals surface area contributed by atoms with Gasteiger partial charge in [-0.3, -0.25) is 0 Å². The van der Waals surface area contributed by atoms with Gasteiger partial charge in [0.25, 0.3) is 0 Å². The molecular weight excluding hydrogens is 640 g/mol. The molecule has 3 heterocycles. The van der Waals surface area contributed by atoms with Crippen molar-refractivity contribution in [2.75, 3.05) is 20.3 Å². The first-order valence-corrected chi connectivity index (χ1v) is 18.0. The van der Waals surface area contributed by atoms with E-state index in [4.69, 9.17) is 28.4 Å². The van der Waals surface area contributed by atoms with E-state index in [1.165, 1.54) is 7.11 Å². The Labute approximate surface area is 287 Å². The third kappa shape index (κ3) is 5.67. The van der Waals surface area contributed by atoms with Crippen LogP contribution in [0.2, 0.25) is 0 Å². The van der Waals surface area contributed by atoms with Crippen LogP contribution in [0.25, 0.3) is 0 Å². The first-order valence-electron chi connectivity index (χ1n) is 18.0. The predicted octanol–water partition coefficient (Wildman–Crippen LogP) is 0.855. The number of carbonyl (C=O) groups excluding carboxylic acids is 1. The molecule has 0 spiro atoms. The Morgan fingerprint density at radius 3 is 2.35 bits per heavy atom. The van der Waals surface area contributed by atoms with Crippen molar-refractivity contribution < 1.29 is 63.9 Å². The highest BCUT2D eigenvalue weighted by Gasteiger charge is 2.66. The Bertz CT molecular complexity index is 1320. The molecule has 49 heavy (non-hydrogen) atoms. The topological polar surface area (TPSA) is 194 Å². The van der Waals surface area contributed by atoms with E-state index >= 15 is 0 Å². The summed E-state index contributed by atoms with van der Waals surface area (Å²) in [5.74, 6) is 0.597. The fourth-order valence-electron chi connectivity index (χ4n) is 11.0. The summed E-state index contributed by atoms with van der Waals surface area (Å²) in [6.07, 6.45) is -1.52. The second-order valence-corrected chi connectivity index (χ2v) is 16.1. The van der Waals surface area contributed by atoms with Gasteiger partial charge in [0.15, 0.2) is 12.6 Å². The van der Waals surface area contributed by atoms with Crippen molar-refractivity contribution >= 4 is 5.97 Å². The summed E-state index contributed by atoms with van der Waals surface area (Å²) in [5, 5.41) is 64.3. The van der Waals surface area contributed by atoms with Gasteiger partial charge in [0, 0.05) is 24.2 Å². The monoisotopic (exact) mass is 694 g/mol. The fraction of sp³-hybridized carbons (Fsp3) is 0.861. The number of rotatable bonds is 7. The molecule has 0 bridgehead atoms. The number of aliphatic hydroxyl groups is 6. The SMILES string of the molecule is CO[C@@H]1[C@@H](O)[C@H](O[C@H]2CC[C@@]3(C)[C@H](CC[C@@H]4[C@@H]3CC[C@]3(C)C(C5=CC(=O)OC5)=CC[C@]43O)C2)O[C@H](C)[C@H]1O[C@@H]1O[C@H](CO)[C@@H](O)[C@H](O)[C@H]1O. The van der Waals surface area contributed by atoms with Gasteiger partial charge in [-0.15, -0.1) is 0 Å². The molecule has 0 aromatic rings. The zero-order valence-corrected chi connectivity index (χ0v) is 28.8. The number of methoxy groups -OCH3 is 1. The minimum atomic E-state index is -1.60. The lowest BCUT2D eigenvalue weighted by Crippen LogP contribution is -2.64. The molecule has 13 heteroatoms. The zero-order valence-electron chi connectivity index (χ0n) is 28.8. The van der Waals surface area contributed by atoms with E-state index in [2.05, 4.69) is 19.9 Å². The summed E-state index contributed by atoms with van der Waals surface area (Å²) in [6.45, 7) is 5.99. The van der Waals surface area contributed by atoms with Crippen LogP contribution in [0.5, 0.6) is 0 Å². The lowest BCUT2D eigenvalue weighted by Gasteiger charge is -2.63. The Kier molecular flexibility index (Phi) is 9.65. The van der Waals surface area contributed by atoms with Gasteiger partial charge in [0.2, 0.25) is 0 Å². The van der Waals surface area contributed by atoms with Gasteiger partial charge in [0.05, 0.1) is 24.4 Å². The number of esters is 1. The summed E-state index contributed by atoms with van der Waals surface area (Å²) in [6, 6.07) is 0. The molecule has 0 radical (unpaired) electrons. The van der Waals surface area contributed by atoms with Gasteiger partial charge >= 0.3 is 5.97 Å². The van der Waals surface area contributed by atoms with Crippen molar-refractivity contribution in [3.05, 3.63) is 23.3 Å². The van der Waals surface area contributed by atoms with E-state index in [0.717, 1.165) is 56.1 Å². The van der Waals surface area contributed by atoms with Gasteiger partial charge in [-0.05, 0) is 87.0 Å². The third-order valence-corrected chi connectivity index (χ3v) is 13.9. The Morgan fingerprint density at radius 2 is 1.65 bits per heavy atom. The first kappa shape index (κ1) is 35.9. The second-order valence-electron chi connectivity index (χ2n) is 16.1. The maximum absolute atomic E-state index is 12.5. The van der Waals surface area contributed by atoms with Gasteiger partial charge < -0.3 is 59.1 Å². The molecule has 3 aliphatic heterocycles. The normalized spacial score (nSPS) is 52.8. The summed E-state index contributed by atoms with van der Waals surface area (Å²) < 4.78 is 35.0. The highest BCUT2D eigenvalue weighted by atomic mass is 16.7. The number of hydrogen-bond donors (Lipinski definition) is 6. The van der Waals surface area contributed by atoms with Crippen LogP contribution >= 0.6 is 0 Å². The molecule has 13 nitrogen and oxygen atoms in total. The van der Waals surface area contributed by atoms with Crippen LogP contribution < -0.4 is 0 Å². The summed E-state index contributed by atoms with van der Waals surface area (Å²) in [7, 11) is 1.43. The fourth-order valence-corrected chi connectivity index (χ4v) is 11.0. The summed E-state index contributed by atoms with van der Waals surface area (Å²) in [4.78, 5) is 11.9. The Balaban J connectivity index is 0.991. The number of fused-ring (bicyclic) bond motifs is 5. The lowest BCUT2D eigenvalue weighted by molar-refractivity contribution is -0.362. The van der Waals surface area contributed by atoms with Gasteiger partial charge in [-0.1, -0.05) is 19.9 Å². The molecule has 0 aromatic heterocycles. The molecule has 17 atom stereocenters. The number of hydrogen-bond acceptors (Lipinski definition) is 13. The van der Waals surface area contributed by atoms with Crippen LogP contribution in [0.4, 0.5) is 0 Å². The van der Waals surface area contributed by atoms with Crippen LogP contribution in [0.1, 0.15) is 72.1 Å². The molecule has 6 N–H and O–H groups in total. The van der Waals surface area contributed by atoms with E-state index < -0.39 is 79.0 Å². The zero-order chi connectivity index (χ0) is 35.0. The van der Waals surface area contributed by atoms with E-state index in [1.54, 1.807) is 13.0 Å². The number of ether oxygens (including phenoxy) is 6. The number of carbonyl (C=O) groups is 1. The van der Waals surface area contributed by atoms with Crippen molar-refractivity contribution in [2.24, 2.45) is 28.6 Å². The average molecular weight is 695 g/mol. The molecule has 3 saturated carbocycles. The van der Waals surface area contributed by atoms with Gasteiger partial charge in [-0.2, -0.15) is 0 Å². The maximum Gasteiger partial charge on any atom is 0.331 e. The molecule has 276 valence electrons. The standard InChI is InChI=1S/C36H54O13/c1-17-30(49-32-28(41)27(40)26(39)24(15-37)48-32)31(44-4)29(42)33(46-17)47-20-7-10-34(2)19(14-20)5-6-23-22(34)8-11-35(3)21(9-12-36(23,35)43)18-13-25(38)45-16-18/h9,13,17,19-20,22-24,26-33,37,39-43H,5-8,10-12,14-16H2,1-4H3/t17-,19-,20+,22+,23-,24-,26-,27+,28-,29-,30-,31-,32+,33+,34+,35-,36+/m1/s1. The van der Waals surface area contributed by atoms with E-state index in [9.17, 15) is 35.4 Å². The van der Waals surface area contributed by atoms with Crippen molar-refractivity contribution in [1.82, 2.24) is 0 Å². The van der Waals surface area contributed by atoms with Gasteiger partial charge in [0.1, 0.15) is 49.3 Å². The van der Waals surface area contributed by atoms with Crippen LogP contribution in [0.3, 0.4) is 0 Å². The number of cyclic esters (lactones) is 1. The molecule has 7 rings (SSSR count).